The molecule has 150 valence electrons. The highest BCUT2D eigenvalue weighted by Gasteiger charge is 2.14. The second kappa shape index (κ2) is 10.0. The number of likely N-dealkylation sites (N-methyl/N-ethyl adjacent to an activating group) is 1. The average molecular weight is 423 g/mol. The molecular weight excluding hydrogens is 400 g/mol. The molecule has 1 unspecified atom stereocenters. The van der Waals surface area contributed by atoms with E-state index in [1.165, 1.54) is 41.8 Å². The van der Waals surface area contributed by atoms with Crippen molar-refractivity contribution in [1.29, 1.82) is 0 Å². The minimum atomic E-state index is -3.56. The average Bonchev–Trinajstić information content (AvgIpc) is 3.15. The van der Waals surface area contributed by atoms with E-state index in [0.29, 0.717) is 17.4 Å². The summed E-state index contributed by atoms with van der Waals surface area (Å²) in [7, 11) is -1.79. The van der Waals surface area contributed by atoms with Gasteiger partial charge in [-0.3, -0.25) is 4.72 Å². The maximum atomic E-state index is 11.8. The number of aromatic hydroxyl groups is 1. The summed E-state index contributed by atoms with van der Waals surface area (Å²) in [6.45, 7) is 0.490. The topological polar surface area (TPSA) is 138 Å². The molecule has 3 aromatic rings. The molecule has 1 heterocycles. The van der Waals surface area contributed by atoms with Gasteiger partial charge in [0.1, 0.15) is 5.75 Å². The van der Waals surface area contributed by atoms with Crippen LogP contribution in [-0.4, -0.2) is 37.2 Å². The number of nitrogen functional groups attached to an aromatic ring is 1. The molecule has 1 atom stereocenters. The van der Waals surface area contributed by atoms with Crippen LogP contribution in [0.2, 0.25) is 0 Å². The lowest BCUT2D eigenvalue weighted by Gasteiger charge is -2.09. The van der Waals surface area contributed by atoms with Gasteiger partial charge >= 0.3 is 0 Å². The number of hydrogen-bond acceptors (Lipinski definition) is 8. The zero-order valence-electron chi connectivity index (χ0n) is 15.1. The van der Waals surface area contributed by atoms with Crippen molar-refractivity contribution < 1.29 is 18.6 Å². The summed E-state index contributed by atoms with van der Waals surface area (Å²) in [6, 6.07) is 12.6. The van der Waals surface area contributed by atoms with Crippen molar-refractivity contribution in [2.24, 2.45) is 0 Å². The highest BCUT2D eigenvalue weighted by atomic mass is 32.2. The monoisotopic (exact) mass is 422 g/mol. The number of nitrogens with zero attached hydrogens (tertiary/aromatic N) is 1. The molecule has 2 aromatic carbocycles. The van der Waals surface area contributed by atoms with Gasteiger partial charge in [-0.05, 0) is 49.0 Å². The molecule has 0 saturated heterocycles. The number of aromatic nitrogens is 1. The smallest absolute Gasteiger partial charge is 0.263 e. The summed E-state index contributed by atoms with van der Waals surface area (Å²) >= 11 is 1.22. The molecule has 28 heavy (non-hydrogen) atoms. The zero-order chi connectivity index (χ0) is 20.6. The number of aliphatic hydroxyl groups excluding tert-OH is 1. The molecule has 0 saturated carbocycles. The Hall–Kier alpha value is -2.66. The van der Waals surface area contributed by atoms with Gasteiger partial charge in [-0.2, -0.15) is 0 Å². The fraction of sp³-hybridized carbons (Fsp3) is 0.167. The first-order valence-electron chi connectivity index (χ1n) is 8.21. The van der Waals surface area contributed by atoms with Crippen LogP contribution in [0.25, 0.3) is 0 Å². The molecule has 8 nitrogen and oxygen atoms in total. The van der Waals surface area contributed by atoms with Crippen LogP contribution in [0.4, 0.5) is 10.8 Å². The summed E-state index contributed by atoms with van der Waals surface area (Å²) in [6.07, 6.45) is 0.980. The molecule has 0 fully saturated rings. The first kappa shape index (κ1) is 21.6. The molecule has 1 aromatic heterocycles. The number of anilines is 2. The fourth-order valence-electron chi connectivity index (χ4n) is 2.14. The summed E-state index contributed by atoms with van der Waals surface area (Å²) in [5.74, 6) is 0.183. The molecule has 0 aliphatic rings. The molecular formula is C18H22N4O4S2. The number of sulfonamides is 1. The van der Waals surface area contributed by atoms with Gasteiger partial charge in [0.25, 0.3) is 10.0 Å². The first-order valence-corrected chi connectivity index (χ1v) is 10.6. The van der Waals surface area contributed by atoms with Gasteiger partial charge in [-0.15, -0.1) is 11.3 Å². The van der Waals surface area contributed by atoms with Crippen LogP contribution in [0, 0.1) is 0 Å². The van der Waals surface area contributed by atoms with E-state index in [0.717, 1.165) is 5.56 Å². The van der Waals surface area contributed by atoms with Crippen molar-refractivity contribution in [2.45, 2.75) is 11.0 Å². The van der Waals surface area contributed by atoms with E-state index in [1.54, 1.807) is 36.7 Å². The lowest BCUT2D eigenvalue weighted by Crippen LogP contribution is -2.16. The number of benzene rings is 2. The van der Waals surface area contributed by atoms with E-state index in [2.05, 4.69) is 15.0 Å². The standard InChI is InChI=1S/C9H9N3O2S2.C9H13NO2/c10-7-1-3-8(4-2-7)16(13,14)12-9-11-5-6-15-9;1-10-6-9(12)7-3-2-4-8(11)5-7/h1-6H,10H2,(H,11,12);2-5,9-12H,6H2,1H3. The van der Waals surface area contributed by atoms with E-state index >= 15 is 0 Å². The lowest BCUT2D eigenvalue weighted by molar-refractivity contribution is 0.177. The highest BCUT2D eigenvalue weighted by molar-refractivity contribution is 7.93. The maximum Gasteiger partial charge on any atom is 0.263 e. The fourth-order valence-corrected chi connectivity index (χ4v) is 3.93. The largest absolute Gasteiger partial charge is 0.508 e. The SMILES string of the molecule is CNCC(O)c1cccc(O)c1.Nc1ccc(S(=O)(=O)Nc2nccs2)cc1. The summed E-state index contributed by atoms with van der Waals surface area (Å²) in [5.41, 5.74) is 6.73. The van der Waals surface area contributed by atoms with E-state index < -0.39 is 16.1 Å². The third kappa shape index (κ3) is 6.50. The third-order valence-corrected chi connectivity index (χ3v) is 5.67. The second-order valence-corrected chi connectivity index (χ2v) is 8.26. The Labute approximate surface area is 167 Å². The van der Waals surface area contributed by atoms with Crippen LogP contribution in [0.1, 0.15) is 11.7 Å². The molecule has 0 amide bonds. The van der Waals surface area contributed by atoms with Crippen molar-refractivity contribution >= 4 is 32.2 Å². The van der Waals surface area contributed by atoms with E-state index in [-0.39, 0.29) is 10.6 Å². The number of rotatable bonds is 6. The number of hydrogen-bond donors (Lipinski definition) is 5. The van der Waals surface area contributed by atoms with Crippen LogP contribution in [0.15, 0.2) is 65.0 Å². The van der Waals surface area contributed by atoms with Crippen LogP contribution in [-0.2, 0) is 10.0 Å². The zero-order valence-corrected chi connectivity index (χ0v) is 16.7. The highest BCUT2D eigenvalue weighted by Crippen LogP contribution is 2.19. The Bertz CT molecular complexity index is 962. The Morgan fingerprint density at radius 3 is 2.50 bits per heavy atom. The van der Waals surface area contributed by atoms with Crippen LogP contribution in [0.5, 0.6) is 5.75 Å². The van der Waals surface area contributed by atoms with Gasteiger partial charge in [-0.25, -0.2) is 13.4 Å². The Kier molecular flexibility index (Phi) is 7.76. The Morgan fingerprint density at radius 1 is 1.21 bits per heavy atom. The third-order valence-electron chi connectivity index (χ3n) is 3.50. The van der Waals surface area contributed by atoms with Crippen molar-refractivity contribution in [3.8, 4) is 5.75 Å². The van der Waals surface area contributed by atoms with Gasteiger partial charge in [0.15, 0.2) is 5.13 Å². The number of nitrogens with two attached hydrogens (primary N) is 1. The number of thiazole rings is 1. The van der Waals surface area contributed by atoms with Crippen molar-refractivity contribution in [3.05, 3.63) is 65.7 Å². The predicted molar refractivity (Wildman–Crippen MR) is 111 cm³/mol. The molecule has 0 aliphatic heterocycles. The van der Waals surface area contributed by atoms with Crippen LogP contribution in [0.3, 0.4) is 0 Å². The first-order chi connectivity index (χ1) is 13.3. The summed E-state index contributed by atoms with van der Waals surface area (Å²) < 4.78 is 26.0. The van der Waals surface area contributed by atoms with E-state index in [1.807, 2.05) is 0 Å². The van der Waals surface area contributed by atoms with Crippen molar-refractivity contribution in [1.82, 2.24) is 10.3 Å². The second-order valence-electron chi connectivity index (χ2n) is 5.68. The number of phenolic OH excluding ortho intramolecular Hbond substituents is 1. The van der Waals surface area contributed by atoms with Crippen LogP contribution < -0.4 is 15.8 Å². The molecule has 6 N–H and O–H groups in total. The lowest BCUT2D eigenvalue weighted by atomic mass is 10.1. The van der Waals surface area contributed by atoms with Crippen molar-refractivity contribution in [3.63, 3.8) is 0 Å². The van der Waals surface area contributed by atoms with Crippen LogP contribution >= 0.6 is 11.3 Å². The van der Waals surface area contributed by atoms with Crippen molar-refractivity contribution in [2.75, 3.05) is 24.0 Å². The summed E-state index contributed by atoms with van der Waals surface area (Å²) in [5, 5.41) is 23.5. The molecule has 0 bridgehead atoms. The van der Waals surface area contributed by atoms with E-state index in [4.69, 9.17) is 10.8 Å². The van der Waals surface area contributed by atoms with Gasteiger partial charge in [0.2, 0.25) is 0 Å². The Morgan fingerprint density at radius 2 is 1.93 bits per heavy atom. The minimum absolute atomic E-state index is 0.164. The van der Waals surface area contributed by atoms with Gasteiger partial charge in [0.05, 0.1) is 11.0 Å². The van der Waals surface area contributed by atoms with E-state index in [9.17, 15) is 13.5 Å². The Balaban J connectivity index is 0.000000209. The number of nitrogens with one attached hydrogen (secondary N) is 2. The normalized spacial score (nSPS) is 11.9. The molecule has 0 spiro atoms. The molecule has 10 heteroatoms. The number of aliphatic hydroxyl groups is 1. The van der Waals surface area contributed by atoms with Gasteiger partial charge in [-0.1, -0.05) is 12.1 Å². The maximum absolute atomic E-state index is 11.8. The molecule has 0 radical (unpaired) electrons. The van der Waals surface area contributed by atoms with Gasteiger partial charge < -0.3 is 21.3 Å². The number of phenols is 1. The minimum Gasteiger partial charge on any atom is -0.508 e. The predicted octanol–water partition coefficient (Wildman–Crippen LogP) is 2.17. The molecule has 3 rings (SSSR count). The quantitative estimate of drug-likeness (QED) is 0.384. The van der Waals surface area contributed by atoms with Gasteiger partial charge in [0, 0.05) is 23.8 Å². The summed E-state index contributed by atoms with van der Waals surface area (Å²) in [4.78, 5) is 4.01. The molecule has 0 aliphatic carbocycles.